The second kappa shape index (κ2) is 12.1. The van der Waals surface area contributed by atoms with Gasteiger partial charge in [-0.1, -0.05) is 37.3 Å². The highest BCUT2D eigenvalue weighted by atomic mass is 16.5. The van der Waals surface area contributed by atoms with Gasteiger partial charge in [-0.15, -0.1) is 0 Å². The van der Waals surface area contributed by atoms with E-state index in [1.54, 1.807) is 36.4 Å². The number of benzene rings is 3. The van der Waals surface area contributed by atoms with Crippen molar-refractivity contribution in [3.63, 3.8) is 0 Å². The fourth-order valence-corrected chi connectivity index (χ4v) is 3.10. The van der Waals surface area contributed by atoms with E-state index in [4.69, 9.17) is 4.74 Å². The average Bonchev–Trinajstić information content (AvgIpc) is 2.86. The fraction of sp³-hybridized carbons (Fsp3) is 0.185. The van der Waals surface area contributed by atoms with E-state index in [1.807, 2.05) is 51.1 Å². The molecule has 0 aliphatic rings. The molecule has 180 valence electrons. The van der Waals surface area contributed by atoms with Crippen LogP contribution in [-0.4, -0.2) is 30.5 Å². The van der Waals surface area contributed by atoms with Crippen molar-refractivity contribution in [2.24, 2.45) is 5.10 Å². The molecule has 0 bridgehead atoms. The Morgan fingerprint density at radius 3 is 2.29 bits per heavy atom. The summed E-state index contributed by atoms with van der Waals surface area (Å²) in [5.74, 6) is -1.65. The van der Waals surface area contributed by atoms with Crippen LogP contribution in [0.5, 0.6) is 5.75 Å². The molecule has 0 heterocycles. The molecule has 35 heavy (non-hydrogen) atoms. The number of amides is 3. The summed E-state index contributed by atoms with van der Waals surface area (Å²) in [7, 11) is 0. The van der Waals surface area contributed by atoms with E-state index < -0.39 is 11.8 Å². The number of hydrogen-bond donors (Lipinski definition) is 3. The summed E-state index contributed by atoms with van der Waals surface area (Å²) in [6.45, 7) is 5.80. The molecule has 3 N–H and O–H groups in total. The van der Waals surface area contributed by atoms with Gasteiger partial charge >= 0.3 is 11.8 Å². The Bertz CT molecular complexity index is 1240. The molecular weight excluding hydrogens is 444 g/mol. The molecule has 0 spiro atoms. The third-order valence-corrected chi connectivity index (χ3v) is 5.26. The maximum atomic E-state index is 12.3. The summed E-state index contributed by atoms with van der Waals surface area (Å²) in [5.41, 5.74) is 7.28. The molecule has 0 aliphatic heterocycles. The van der Waals surface area contributed by atoms with E-state index in [0.717, 1.165) is 23.1 Å². The summed E-state index contributed by atoms with van der Waals surface area (Å²) in [6.07, 6.45) is 2.23. The van der Waals surface area contributed by atoms with Gasteiger partial charge in [-0.25, -0.2) is 5.43 Å². The predicted molar refractivity (Wildman–Crippen MR) is 137 cm³/mol. The molecule has 0 saturated heterocycles. The van der Waals surface area contributed by atoms with Crippen LogP contribution in [-0.2, 0) is 20.8 Å². The minimum Gasteiger partial charge on any atom is -0.483 e. The molecule has 3 amide bonds. The van der Waals surface area contributed by atoms with E-state index >= 15 is 0 Å². The quantitative estimate of drug-likeness (QED) is 0.262. The number of carbonyl (C=O) groups excluding carboxylic acids is 3. The Hall–Kier alpha value is -4.46. The van der Waals surface area contributed by atoms with Crippen LogP contribution in [0.2, 0.25) is 0 Å². The van der Waals surface area contributed by atoms with Crippen molar-refractivity contribution in [3.05, 3.63) is 89.0 Å². The number of rotatable bonds is 8. The van der Waals surface area contributed by atoms with Gasteiger partial charge in [0.25, 0.3) is 5.91 Å². The summed E-state index contributed by atoms with van der Waals surface area (Å²) < 4.78 is 5.63. The number of aryl methyl sites for hydroxylation is 3. The number of nitrogens with zero attached hydrogens (tertiary/aromatic N) is 1. The van der Waals surface area contributed by atoms with Crippen molar-refractivity contribution < 1.29 is 19.1 Å². The third kappa shape index (κ3) is 7.53. The smallest absolute Gasteiger partial charge is 0.329 e. The Balaban J connectivity index is 1.52. The lowest BCUT2D eigenvalue weighted by atomic mass is 10.1. The molecule has 3 aromatic carbocycles. The van der Waals surface area contributed by atoms with E-state index in [0.29, 0.717) is 22.7 Å². The van der Waals surface area contributed by atoms with Gasteiger partial charge in [0.1, 0.15) is 5.75 Å². The minimum atomic E-state index is -0.910. The van der Waals surface area contributed by atoms with Gasteiger partial charge in [-0.3, -0.25) is 14.4 Å². The van der Waals surface area contributed by atoms with Crippen LogP contribution in [0.3, 0.4) is 0 Å². The molecule has 8 nitrogen and oxygen atoms in total. The number of carbonyl (C=O) groups is 3. The van der Waals surface area contributed by atoms with Gasteiger partial charge < -0.3 is 15.4 Å². The first-order valence-electron chi connectivity index (χ1n) is 11.2. The number of nitrogens with one attached hydrogen (secondary N) is 3. The van der Waals surface area contributed by atoms with Crippen molar-refractivity contribution in [3.8, 4) is 5.75 Å². The van der Waals surface area contributed by atoms with Crippen LogP contribution in [0.25, 0.3) is 0 Å². The highest BCUT2D eigenvalue weighted by Gasteiger charge is 2.13. The highest BCUT2D eigenvalue weighted by Crippen LogP contribution is 2.17. The Kier molecular flexibility index (Phi) is 8.72. The average molecular weight is 473 g/mol. The van der Waals surface area contributed by atoms with Crippen LogP contribution >= 0.6 is 0 Å². The van der Waals surface area contributed by atoms with Crippen molar-refractivity contribution >= 4 is 35.3 Å². The van der Waals surface area contributed by atoms with Gasteiger partial charge in [-0.2, -0.15) is 5.10 Å². The van der Waals surface area contributed by atoms with Crippen molar-refractivity contribution in [2.45, 2.75) is 27.2 Å². The lowest BCUT2D eigenvalue weighted by Crippen LogP contribution is -2.32. The maximum Gasteiger partial charge on any atom is 0.329 e. The largest absolute Gasteiger partial charge is 0.483 e. The molecule has 0 unspecified atom stereocenters. The molecule has 0 aliphatic carbocycles. The van der Waals surface area contributed by atoms with Gasteiger partial charge in [-0.05, 0) is 73.4 Å². The van der Waals surface area contributed by atoms with Crippen LogP contribution in [0.15, 0.2) is 71.8 Å². The highest BCUT2D eigenvalue weighted by molar-refractivity contribution is 6.39. The Labute approximate surface area is 204 Å². The lowest BCUT2D eigenvalue weighted by molar-refractivity contribution is -0.136. The standard InChI is InChI=1S/C27H28N4O4/c1-4-20-10-13-22(14-11-20)30-26(33)27(34)31-28-16-21-7-5-6-8-24(21)35-17-25(32)29-23-12-9-18(2)19(3)15-23/h5-16H,4,17H2,1-3H3,(H,29,32)(H,30,33)(H,31,34)/b28-16-. The number of para-hydroxylation sites is 1. The molecule has 0 atom stereocenters. The van der Waals surface area contributed by atoms with Gasteiger partial charge in [0.15, 0.2) is 6.61 Å². The summed E-state index contributed by atoms with van der Waals surface area (Å²) in [4.78, 5) is 36.4. The molecule has 0 radical (unpaired) electrons. The van der Waals surface area contributed by atoms with E-state index in [2.05, 4.69) is 21.2 Å². The van der Waals surface area contributed by atoms with Gasteiger partial charge in [0.05, 0.1) is 6.21 Å². The topological polar surface area (TPSA) is 109 Å². The van der Waals surface area contributed by atoms with Crippen LogP contribution in [0.1, 0.15) is 29.2 Å². The summed E-state index contributed by atoms with van der Waals surface area (Å²) in [6, 6.07) is 19.8. The van der Waals surface area contributed by atoms with Crippen molar-refractivity contribution in [1.29, 1.82) is 0 Å². The second-order valence-corrected chi connectivity index (χ2v) is 7.88. The molecule has 8 heteroatoms. The molecule has 3 rings (SSSR count). The first kappa shape index (κ1) is 25.2. The lowest BCUT2D eigenvalue weighted by Gasteiger charge is -2.10. The molecular formula is C27H28N4O4. The monoisotopic (exact) mass is 472 g/mol. The van der Waals surface area contributed by atoms with Gasteiger partial charge in [0, 0.05) is 16.9 Å². The summed E-state index contributed by atoms with van der Waals surface area (Å²) >= 11 is 0. The van der Waals surface area contributed by atoms with Crippen LogP contribution < -0.4 is 20.8 Å². The number of anilines is 2. The first-order valence-corrected chi connectivity index (χ1v) is 11.2. The zero-order chi connectivity index (χ0) is 25.2. The van der Waals surface area contributed by atoms with Crippen LogP contribution in [0.4, 0.5) is 11.4 Å². The van der Waals surface area contributed by atoms with Gasteiger partial charge in [0.2, 0.25) is 0 Å². The van der Waals surface area contributed by atoms with Crippen molar-refractivity contribution in [2.75, 3.05) is 17.2 Å². The number of hydrazone groups is 1. The third-order valence-electron chi connectivity index (χ3n) is 5.26. The zero-order valence-corrected chi connectivity index (χ0v) is 19.9. The number of ether oxygens (including phenoxy) is 1. The Morgan fingerprint density at radius 1 is 0.857 bits per heavy atom. The second-order valence-electron chi connectivity index (χ2n) is 7.88. The maximum absolute atomic E-state index is 12.3. The van der Waals surface area contributed by atoms with E-state index in [-0.39, 0.29) is 12.5 Å². The SMILES string of the molecule is CCc1ccc(NC(=O)C(=O)N/N=C\c2ccccc2OCC(=O)Nc2ccc(C)c(C)c2)cc1. The fourth-order valence-electron chi connectivity index (χ4n) is 3.10. The molecule has 0 saturated carbocycles. The minimum absolute atomic E-state index is 0.205. The molecule has 0 fully saturated rings. The first-order chi connectivity index (χ1) is 16.9. The summed E-state index contributed by atoms with van der Waals surface area (Å²) in [5, 5.41) is 9.15. The Morgan fingerprint density at radius 2 is 1.57 bits per heavy atom. The van der Waals surface area contributed by atoms with Crippen LogP contribution in [0, 0.1) is 13.8 Å². The zero-order valence-electron chi connectivity index (χ0n) is 19.9. The van der Waals surface area contributed by atoms with Crippen molar-refractivity contribution in [1.82, 2.24) is 5.43 Å². The number of hydrogen-bond acceptors (Lipinski definition) is 5. The normalized spacial score (nSPS) is 10.6. The molecule has 0 aromatic heterocycles. The molecule has 3 aromatic rings. The van der Waals surface area contributed by atoms with E-state index in [1.165, 1.54) is 6.21 Å². The van der Waals surface area contributed by atoms with E-state index in [9.17, 15) is 14.4 Å². The predicted octanol–water partition coefficient (Wildman–Crippen LogP) is 3.97.